The molecule has 0 rings (SSSR count). The van der Waals surface area contributed by atoms with Crippen LogP contribution < -0.4 is 0 Å². The molecule has 4 nitrogen and oxygen atoms in total. The highest BCUT2D eigenvalue weighted by atomic mass is 31.2. The second-order valence-electron chi connectivity index (χ2n) is 3.83. The molecule has 0 spiro atoms. The summed E-state index contributed by atoms with van der Waals surface area (Å²) in [5, 5.41) is 0. The van der Waals surface area contributed by atoms with Gasteiger partial charge in [-0.1, -0.05) is 13.8 Å². The highest BCUT2D eigenvalue weighted by Crippen LogP contribution is 2.47. The minimum atomic E-state index is -2.74. The van der Waals surface area contributed by atoms with Gasteiger partial charge in [0.15, 0.2) is 0 Å². The Balaban J connectivity index is 4.92. The van der Waals surface area contributed by atoms with Crippen molar-refractivity contribution < 1.29 is 17.8 Å². The molecule has 0 saturated carbocycles. The van der Waals surface area contributed by atoms with Gasteiger partial charge in [0.1, 0.15) is 0 Å². The van der Waals surface area contributed by atoms with Crippen LogP contribution in [0.3, 0.4) is 0 Å². The minimum Gasteiger partial charge on any atom is -0.373 e. The minimum absolute atomic E-state index is 0.475. The second-order valence-corrected chi connectivity index (χ2v) is 10.7. The van der Waals surface area contributed by atoms with Crippen molar-refractivity contribution in [3.63, 3.8) is 0 Å². The van der Waals surface area contributed by atoms with E-state index in [1.807, 2.05) is 34.6 Å². The molecule has 0 heterocycles. The van der Waals surface area contributed by atoms with Crippen LogP contribution in [-0.2, 0) is 17.8 Å². The predicted molar refractivity (Wildman–Crippen MR) is 74.2 cm³/mol. The molecular formula is C11H27O4PSi. The van der Waals surface area contributed by atoms with Crippen molar-refractivity contribution in [3.8, 4) is 0 Å². The first-order valence-electron chi connectivity index (χ1n) is 6.50. The third-order valence-corrected chi connectivity index (χ3v) is 11.1. The lowest BCUT2D eigenvalue weighted by Gasteiger charge is -2.31. The summed E-state index contributed by atoms with van der Waals surface area (Å²) in [6.07, 6.45) is 1.37. The van der Waals surface area contributed by atoms with Crippen LogP contribution in [0.2, 0.25) is 0 Å². The molecule has 0 unspecified atom stereocenters. The average Bonchev–Trinajstić information content (AvgIpc) is 2.30. The summed E-state index contributed by atoms with van der Waals surface area (Å²) in [5.74, 6) is 0.475. The topological polar surface area (TPSA) is 44.8 Å². The molecule has 0 aromatic rings. The molecule has 0 aromatic carbocycles. The zero-order chi connectivity index (χ0) is 13.4. The highest BCUT2D eigenvalue weighted by Gasteiger charge is 2.45. The van der Waals surface area contributed by atoms with Crippen molar-refractivity contribution in [2.45, 2.75) is 34.6 Å². The number of rotatable bonds is 10. The predicted octanol–water partition coefficient (Wildman–Crippen LogP) is 2.98. The van der Waals surface area contributed by atoms with Gasteiger partial charge in [0.05, 0.1) is 12.9 Å². The molecular weight excluding hydrogens is 255 g/mol. The van der Waals surface area contributed by atoms with Crippen LogP contribution in [0.15, 0.2) is 0 Å². The molecule has 0 aliphatic carbocycles. The lowest BCUT2D eigenvalue weighted by atomic mass is 10.9. The highest BCUT2D eigenvalue weighted by molar-refractivity contribution is 7.66. The van der Waals surface area contributed by atoms with Gasteiger partial charge in [-0.25, -0.2) is 0 Å². The fourth-order valence-electron chi connectivity index (χ4n) is 1.72. The molecule has 0 atom stereocenters. The fourth-order valence-corrected chi connectivity index (χ4v) is 9.45. The quantitative estimate of drug-likeness (QED) is 0.456. The van der Waals surface area contributed by atoms with E-state index < -0.39 is 15.9 Å². The molecule has 104 valence electrons. The lowest BCUT2D eigenvalue weighted by Crippen LogP contribution is -2.50. The van der Waals surface area contributed by atoms with E-state index in [0.717, 1.165) is 0 Å². The summed E-state index contributed by atoms with van der Waals surface area (Å²) >= 11 is 0. The zero-order valence-electron chi connectivity index (χ0n) is 11.8. The molecule has 0 bridgehead atoms. The number of hydrogen-bond donors (Lipinski definition) is 0. The van der Waals surface area contributed by atoms with Gasteiger partial charge >= 0.3 is 8.80 Å². The monoisotopic (exact) mass is 282 g/mol. The summed E-state index contributed by atoms with van der Waals surface area (Å²) in [7, 11) is -4.94. The first kappa shape index (κ1) is 17.3. The van der Waals surface area contributed by atoms with Gasteiger partial charge in [-0.15, -0.1) is 0 Å². The second kappa shape index (κ2) is 8.43. The van der Waals surface area contributed by atoms with Crippen molar-refractivity contribution in [3.05, 3.63) is 0 Å². The Morgan fingerprint density at radius 2 is 1.18 bits per heavy atom. The van der Waals surface area contributed by atoms with Gasteiger partial charge in [-0.3, -0.25) is 0 Å². The fraction of sp³-hybridized carbons (Fsp3) is 1.00. The van der Waals surface area contributed by atoms with E-state index >= 15 is 0 Å². The standard InChI is InChI=1S/C11H27O4PSi/c1-6-13-17(14-7-2,15-8-3)11-16(12,9-4)10-5/h6-11H2,1-5H3. The Bertz CT molecular complexity index is 223. The Morgan fingerprint density at radius 3 is 1.41 bits per heavy atom. The summed E-state index contributed by atoms with van der Waals surface area (Å²) in [5.41, 5.74) is 0. The van der Waals surface area contributed by atoms with E-state index in [2.05, 4.69) is 0 Å². The van der Waals surface area contributed by atoms with Crippen LogP contribution in [0.5, 0.6) is 0 Å². The molecule has 0 saturated heterocycles. The van der Waals surface area contributed by atoms with Crippen LogP contribution >= 0.6 is 7.14 Å². The lowest BCUT2D eigenvalue weighted by molar-refractivity contribution is 0.0767. The van der Waals surface area contributed by atoms with Crippen molar-refractivity contribution in [1.29, 1.82) is 0 Å². The molecule has 0 radical (unpaired) electrons. The Kier molecular flexibility index (Phi) is 8.59. The number of hydrogen-bond acceptors (Lipinski definition) is 4. The molecule has 6 heteroatoms. The summed E-state index contributed by atoms with van der Waals surface area (Å²) < 4.78 is 29.8. The third kappa shape index (κ3) is 5.66. The van der Waals surface area contributed by atoms with Gasteiger partial charge in [-0.2, -0.15) is 0 Å². The maximum Gasteiger partial charge on any atom is 0.508 e. The van der Waals surface area contributed by atoms with Crippen LogP contribution in [-0.4, -0.2) is 46.7 Å². The van der Waals surface area contributed by atoms with Gasteiger partial charge in [0.25, 0.3) is 0 Å². The van der Waals surface area contributed by atoms with E-state index in [1.54, 1.807) is 0 Å². The zero-order valence-corrected chi connectivity index (χ0v) is 13.7. The Labute approximate surface area is 107 Å². The van der Waals surface area contributed by atoms with Gasteiger partial charge < -0.3 is 17.8 Å². The molecule has 0 aliphatic rings. The van der Waals surface area contributed by atoms with Crippen LogP contribution in [0, 0.1) is 0 Å². The van der Waals surface area contributed by atoms with E-state index in [0.29, 0.717) is 37.9 Å². The van der Waals surface area contributed by atoms with Crippen LogP contribution in [0.1, 0.15) is 34.6 Å². The van der Waals surface area contributed by atoms with E-state index in [1.165, 1.54) is 0 Å². The van der Waals surface area contributed by atoms with Gasteiger partial charge in [0, 0.05) is 19.8 Å². The van der Waals surface area contributed by atoms with Crippen molar-refractivity contribution in [1.82, 2.24) is 0 Å². The van der Waals surface area contributed by atoms with E-state index in [4.69, 9.17) is 13.3 Å². The smallest absolute Gasteiger partial charge is 0.373 e. The normalized spacial score (nSPS) is 13.0. The molecule has 0 fully saturated rings. The third-order valence-electron chi connectivity index (χ3n) is 2.73. The van der Waals surface area contributed by atoms with Crippen molar-refractivity contribution >= 4 is 15.9 Å². The van der Waals surface area contributed by atoms with Crippen molar-refractivity contribution in [2.75, 3.05) is 37.9 Å². The molecule has 0 aromatic heterocycles. The van der Waals surface area contributed by atoms with Gasteiger partial charge in [-0.05, 0) is 33.1 Å². The molecule has 0 aliphatic heterocycles. The SMILES string of the molecule is CCO[Si](CP(=O)(CC)CC)(OCC)OCC. The first-order chi connectivity index (χ1) is 8.01. The maximum absolute atomic E-state index is 12.6. The largest absolute Gasteiger partial charge is 0.508 e. The summed E-state index contributed by atoms with van der Waals surface area (Å²) in [6, 6.07) is 0. The van der Waals surface area contributed by atoms with Crippen molar-refractivity contribution in [2.24, 2.45) is 0 Å². The van der Waals surface area contributed by atoms with Gasteiger partial charge in [0.2, 0.25) is 0 Å². The van der Waals surface area contributed by atoms with Crippen LogP contribution in [0.4, 0.5) is 0 Å². The van der Waals surface area contributed by atoms with E-state index in [-0.39, 0.29) is 0 Å². The molecule has 0 amide bonds. The summed E-state index contributed by atoms with van der Waals surface area (Å²) in [4.78, 5) is 0. The Hall–Kier alpha value is 0.327. The molecule has 17 heavy (non-hydrogen) atoms. The first-order valence-corrected chi connectivity index (χ1v) is 10.7. The average molecular weight is 282 g/mol. The van der Waals surface area contributed by atoms with E-state index in [9.17, 15) is 4.57 Å². The summed E-state index contributed by atoms with van der Waals surface area (Å²) in [6.45, 7) is 11.3. The Morgan fingerprint density at radius 1 is 0.824 bits per heavy atom. The maximum atomic E-state index is 12.6. The van der Waals surface area contributed by atoms with Crippen LogP contribution in [0.25, 0.3) is 0 Å². The molecule has 0 N–H and O–H groups in total.